The number of para-hydroxylation sites is 1. The van der Waals surface area contributed by atoms with Gasteiger partial charge in [-0.3, -0.25) is 4.98 Å². The van der Waals surface area contributed by atoms with Crippen molar-refractivity contribution in [1.29, 1.82) is 0 Å². The number of rotatable bonds is 4. The van der Waals surface area contributed by atoms with Gasteiger partial charge in [-0.1, -0.05) is 12.1 Å². The quantitative estimate of drug-likeness (QED) is 0.798. The molecule has 21 heavy (non-hydrogen) atoms. The number of carbonyl (C=O) groups is 1. The van der Waals surface area contributed by atoms with Crippen LogP contribution in [0.3, 0.4) is 0 Å². The van der Waals surface area contributed by atoms with Crippen LogP contribution < -0.4 is 0 Å². The molecule has 0 saturated carbocycles. The molecule has 0 spiro atoms. The van der Waals surface area contributed by atoms with Gasteiger partial charge in [-0.2, -0.15) is 0 Å². The van der Waals surface area contributed by atoms with Crippen molar-refractivity contribution in [3.05, 3.63) is 59.7 Å². The summed E-state index contributed by atoms with van der Waals surface area (Å²) < 4.78 is 1.95. The molecule has 5 heteroatoms. The average Bonchev–Trinajstić information content (AvgIpc) is 2.81. The minimum atomic E-state index is -0.931. The monoisotopic (exact) mass is 281 g/mol. The van der Waals surface area contributed by atoms with E-state index in [0.717, 1.165) is 17.9 Å². The molecule has 5 nitrogen and oxygen atoms in total. The third kappa shape index (κ3) is 2.50. The molecule has 0 amide bonds. The lowest BCUT2D eigenvalue weighted by molar-refractivity contribution is 0.0698. The number of aromatic nitrogens is 3. The largest absolute Gasteiger partial charge is 0.478 e. The standard InChI is InChI=1S/C16H15N3O2/c1-11-18-14-7-4-6-13(16(20)21)15(14)19(11)10-8-12-5-2-3-9-17-12/h2-7,9H,8,10H2,1H3,(H,20,21). The summed E-state index contributed by atoms with van der Waals surface area (Å²) >= 11 is 0. The van der Waals surface area contributed by atoms with Crippen LogP contribution in [0.15, 0.2) is 42.6 Å². The maximum absolute atomic E-state index is 11.4. The smallest absolute Gasteiger partial charge is 0.337 e. The molecule has 1 aromatic carbocycles. The third-order valence-electron chi connectivity index (χ3n) is 3.51. The van der Waals surface area contributed by atoms with Crippen LogP contribution in [0.5, 0.6) is 0 Å². The second kappa shape index (κ2) is 5.36. The zero-order valence-corrected chi connectivity index (χ0v) is 11.7. The number of aryl methyl sites for hydroxylation is 3. The van der Waals surface area contributed by atoms with Gasteiger partial charge >= 0.3 is 5.97 Å². The van der Waals surface area contributed by atoms with Gasteiger partial charge in [0.2, 0.25) is 0 Å². The predicted molar refractivity (Wildman–Crippen MR) is 79.4 cm³/mol. The molecule has 0 atom stereocenters. The van der Waals surface area contributed by atoms with Crippen LogP contribution in [0.1, 0.15) is 21.9 Å². The fourth-order valence-electron chi connectivity index (χ4n) is 2.52. The Bertz CT molecular complexity index is 794. The molecule has 106 valence electrons. The molecular formula is C16H15N3O2. The number of pyridine rings is 1. The van der Waals surface area contributed by atoms with Crippen molar-refractivity contribution < 1.29 is 9.90 Å². The van der Waals surface area contributed by atoms with Crippen molar-refractivity contribution in [2.24, 2.45) is 0 Å². The highest BCUT2D eigenvalue weighted by Crippen LogP contribution is 2.21. The van der Waals surface area contributed by atoms with Gasteiger partial charge in [-0.05, 0) is 31.2 Å². The number of hydrogen-bond donors (Lipinski definition) is 1. The maximum Gasteiger partial charge on any atom is 0.337 e. The van der Waals surface area contributed by atoms with Crippen LogP contribution in [-0.2, 0) is 13.0 Å². The zero-order valence-electron chi connectivity index (χ0n) is 11.7. The summed E-state index contributed by atoms with van der Waals surface area (Å²) in [6.07, 6.45) is 2.50. The minimum absolute atomic E-state index is 0.286. The highest BCUT2D eigenvalue weighted by Gasteiger charge is 2.15. The van der Waals surface area contributed by atoms with E-state index in [1.165, 1.54) is 0 Å². The summed E-state index contributed by atoms with van der Waals surface area (Å²) in [4.78, 5) is 20.1. The molecule has 0 radical (unpaired) electrons. The Morgan fingerprint density at radius 1 is 1.24 bits per heavy atom. The van der Waals surface area contributed by atoms with E-state index >= 15 is 0 Å². The van der Waals surface area contributed by atoms with E-state index in [9.17, 15) is 9.90 Å². The summed E-state index contributed by atoms with van der Waals surface area (Å²) in [7, 11) is 0. The summed E-state index contributed by atoms with van der Waals surface area (Å²) in [5.41, 5.74) is 2.66. The molecule has 0 aliphatic heterocycles. The minimum Gasteiger partial charge on any atom is -0.478 e. The van der Waals surface area contributed by atoms with Crippen molar-refractivity contribution in [1.82, 2.24) is 14.5 Å². The van der Waals surface area contributed by atoms with Crippen molar-refractivity contribution in [2.45, 2.75) is 19.9 Å². The topological polar surface area (TPSA) is 68.0 Å². The Labute approximate surface area is 121 Å². The number of nitrogens with zero attached hydrogens (tertiary/aromatic N) is 3. The molecule has 2 aromatic heterocycles. The fourth-order valence-corrected chi connectivity index (χ4v) is 2.52. The molecule has 0 aliphatic rings. The maximum atomic E-state index is 11.4. The Hall–Kier alpha value is -2.69. The van der Waals surface area contributed by atoms with Crippen LogP contribution in [-0.4, -0.2) is 25.6 Å². The second-order valence-corrected chi connectivity index (χ2v) is 4.86. The number of benzene rings is 1. The number of aromatic carboxylic acids is 1. The Kier molecular flexibility index (Phi) is 3.39. The highest BCUT2D eigenvalue weighted by atomic mass is 16.4. The van der Waals surface area contributed by atoms with E-state index in [4.69, 9.17) is 0 Å². The molecular weight excluding hydrogens is 266 g/mol. The average molecular weight is 281 g/mol. The van der Waals surface area contributed by atoms with Crippen LogP contribution in [0.25, 0.3) is 11.0 Å². The predicted octanol–water partition coefficient (Wildman–Crippen LogP) is 2.68. The van der Waals surface area contributed by atoms with E-state index in [-0.39, 0.29) is 5.56 Å². The molecule has 1 N–H and O–H groups in total. The highest BCUT2D eigenvalue weighted by molar-refractivity contribution is 6.01. The van der Waals surface area contributed by atoms with E-state index in [2.05, 4.69) is 9.97 Å². The number of carboxylic acid groups (broad SMARTS) is 1. The van der Waals surface area contributed by atoms with Gasteiger partial charge in [0, 0.05) is 24.9 Å². The first kappa shape index (κ1) is 13.3. The molecule has 0 aliphatic carbocycles. The molecule has 3 rings (SSSR count). The first-order valence-corrected chi connectivity index (χ1v) is 6.76. The first-order chi connectivity index (χ1) is 10.2. The SMILES string of the molecule is Cc1nc2cccc(C(=O)O)c2n1CCc1ccccn1. The fraction of sp³-hybridized carbons (Fsp3) is 0.188. The normalized spacial score (nSPS) is 10.9. The Morgan fingerprint density at radius 3 is 2.81 bits per heavy atom. The third-order valence-corrected chi connectivity index (χ3v) is 3.51. The summed E-state index contributed by atoms with van der Waals surface area (Å²) in [6, 6.07) is 11.0. The van der Waals surface area contributed by atoms with Crippen LogP contribution in [0.2, 0.25) is 0 Å². The van der Waals surface area contributed by atoms with E-state index in [1.54, 1.807) is 18.3 Å². The first-order valence-electron chi connectivity index (χ1n) is 6.76. The number of imidazole rings is 1. The van der Waals surface area contributed by atoms with E-state index < -0.39 is 5.97 Å². The zero-order chi connectivity index (χ0) is 14.8. The van der Waals surface area contributed by atoms with E-state index in [1.807, 2.05) is 35.8 Å². The van der Waals surface area contributed by atoms with Gasteiger partial charge in [-0.25, -0.2) is 9.78 Å². The summed E-state index contributed by atoms with van der Waals surface area (Å²) in [5, 5.41) is 9.35. The number of hydrogen-bond acceptors (Lipinski definition) is 3. The lowest BCUT2D eigenvalue weighted by Crippen LogP contribution is -2.07. The molecule has 0 bridgehead atoms. The lowest BCUT2D eigenvalue weighted by atomic mass is 10.2. The molecule has 2 heterocycles. The van der Waals surface area contributed by atoms with Crippen LogP contribution in [0.4, 0.5) is 0 Å². The van der Waals surface area contributed by atoms with Gasteiger partial charge in [0.05, 0.1) is 16.6 Å². The Balaban J connectivity index is 2.01. The molecule has 0 saturated heterocycles. The van der Waals surface area contributed by atoms with Gasteiger partial charge in [0.1, 0.15) is 5.82 Å². The van der Waals surface area contributed by atoms with Crippen molar-refractivity contribution >= 4 is 17.0 Å². The van der Waals surface area contributed by atoms with Gasteiger partial charge in [-0.15, -0.1) is 0 Å². The molecule has 0 fully saturated rings. The van der Waals surface area contributed by atoms with Gasteiger partial charge in [0.25, 0.3) is 0 Å². The van der Waals surface area contributed by atoms with Crippen molar-refractivity contribution in [3.63, 3.8) is 0 Å². The molecule has 3 aromatic rings. The van der Waals surface area contributed by atoms with Crippen molar-refractivity contribution in [2.75, 3.05) is 0 Å². The summed E-state index contributed by atoms with van der Waals surface area (Å²) in [6.45, 7) is 2.55. The Morgan fingerprint density at radius 2 is 2.10 bits per heavy atom. The van der Waals surface area contributed by atoms with Crippen LogP contribution >= 0.6 is 0 Å². The molecule has 0 unspecified atom stereocenters. The van der Waals surface area contributed by atoms with E-state index in [0.29, 0.717) is 17.6 Å². The van der Waals surface area contributed by atoms with Gasteiger partial charge in [0.15, 0.2) is 0 Å². The van der Waals surface area contributed by atoms with Crippen LogP contribution in [0, 0.1) is 6.92 Å². The lowest BCUT2D eigenvalue weighted by Gasteiger charge is -2.08. The summed E-state index contributed by atoms with van der Waals surface area (Å²) in [5.74, 6) is -0.116. The number of fused-ring (bicyclic) bond motifs is 1. The number of carboxylic acids is 1. The van der Waals surface area contributed by atoms with Crippen molar-refractivity contribution in [3.8, 4) is 0 Å². The second-order valence-electron chi connectivity index (χ2n) is 4.86. The van der Waals surface area contributed by atoms with Gasteiger partial charge < -0.3 is 9.67 Å².